The fourth-order valence-corrected chi connectivity index (χ4v) is 4.29. The van der Waals surface area contributed by atoms with Gasteiger partial charge in [0.2, 0.25) is 11.8 Å². The zero-order chi connectivity index (χ0) is 21.6. The summed E-state index contributed by atoms with van der Waals surface area (Å²) in [4.78, 5) is 33.2. The molecule has 2 amide bonds. The van der Waals surface area contributed by atoms with E-state index >= 15 is 0 Å². The number of halogens is 1. The van der Waals surface area contributed by atoms with Gasteiger partial charge in [-0.2, -0.15) is 0 Å². The number of amides is 2. The van der Waals surface area contributed by atoms with Crippen LogP contribution in [0, 0.1) is 11.7 Å². The molecule has 2 saturated heterocycles. The topological polar surface area (TPSA) is 62.7 Å². The van der Waals surface area contributed by atoms with Gasteiger partial charge in [-0.25, -0.2) is 4.39 Å². The highest BCUT2D eigenvalue weighted by molar-refractivity contribution is 5.84. The molecule has 0 saturated carbocycles. The Balaban J connectivity index is 1.27. The molecule has 7 heteroatoms. The molecule has 2 aliphatic heterocycles. The standard InChI is InChI=1S/C24H28FN3O3/c25-22-7-2-1-5-18(22)15-28-16-19(8-9-23(28)29)24(30)27-13-10-21(11-14-27)31-17-20-6-3-4-12-26-20/h1-7,12,19,21H,8-11,13-17H2/t19-/m1/s1. The van der Waals surface area contributed by atoms with Gasteiger partial charge in [0.25, 0.3) is 0 Å². The Labute approximate surface area is 182 Å². The molecule has 0 radical (unpaired) electrons. The molecule has 31 heavy (non-hydrogen) atoms. The lowest BCUT2D eigenvalue weighted by atomic mass is 9.94. The van der Waals surface area contributed by atoms with E-state index in [1.807, 2.05) is 23.1 Å². The Kier molecular flexibility index (Phi) is 6.92. The number of likely N-dealkylation sites (tertiary alicyclic amines) is 2. The van der Waals surface area contributed by atoms with Crippen LogP contribution in [0.4, 0.5) is 4.39 Å². The molecule has 3 heterocycles. The van der Waals surface area contributed by atoms with Crippen molar-refractivity contribution in [1.29, 1.82) is 0 Å². The first kappa shape index (κ1) is 21.4. The van der Waals surface area contributed by atoms with E-state index < -0.39 is 0 Å². The predicted octanol–water partition coefficient (Wildman–Crippen LogP) is 3.17. The number of carbonyl (C=O) groups is 2. The van der Waals surface area contributed by atoms with Crippen molar-refractivity contribution in [2.24, 2.45) is 5.92 Å². The lowest BCUT2D eigenvalue weighted by molar-refractivity contribution is -0.145. The number of ether oxygens (including phenoxy) is 1. The van der Waals surface area contributed by atoms with Gasteiger partial charge in [0.1, 0.15) is 5.82 Å². The third-order valence-corrected chi connectivity index (χ3v) is 6.12. The number of carbonyl (C=O) groups excluding carboxylic acids is 2. The molecule has 0 bridgehead atoms. The van der Waals surface area contributed by atoms with Crippen molar-refractivity contribution in [3.05, 3.63) is 65.7 Å². The second-order valence-corrected chi connectivity index (χ2v) is 8.26. The zero-order valence-corrected chi connectivity index (χ0v) is 17.6. The molecular formula is C24H28FN3O3. The van der Waals surface area contributed by atoms with Gasteiger partial charge in [-0.05, 0) is 37.5 Å². The first-order valence-corrected chi connectivity index (χ1v) is 10.9. The summed E-state index contributed by atoms with van der Waals surface area (Å²) in [5.74, 6) is -0.477. The smallest absolute Gasteiger partial charge is 0.227 e. The van der Waals surface area contributed by atoms with Gasteiger partial charge in [-0.15, -0.1) is 0 Å². The van der Waals surface area contributed by atoms with Crippen molar-refractivity contribution in [1.82, 2.24) is 14.8 Å². The molecule has 4 rings (SSSR count). The highest BCUT2D eigenvalue weighted by Crippen LogP contribution is 2.24. The number of pyridine rings is 1. The second-order valence-electron chi connectivity index (χ2n) is 8.26. The normalized spacial score (nSPS) is 20.2. The highest BCUT2D eigenvalue weighted by atomic mass is 19.1. The van der Waals surface area contributed by atoms with Crippen molar-refractivity contribution in [3.63, 3.8) is 0 Å². The third-order valence-electron chi connectivity index (χ3n) is 6.12. The van der Waals surface area contributed by atoms with E-state index in [9.17, 15) is 14.0 Å². The van der Waals surface area contributed by atoms with Crippen LogP contribution in [0.5, 0.6) is 0 Å². The monoisotopic (exact) mass is 425 g/mol. The van der Waals surface area contributed by atoms with Gasteiger partial charge >= 0.3 is 0 Å². The van der Waals surface area contributed by atoms with Crippen LogP contribution in [-0.2, 0) is 27.5 Å². The summed E-state index contributed by atoms with van der Waals surface area (Å²) >= 11 is 0. The van der Waals surface area contributed by atoms with E-state index in [4.69, 9.17) is 4.74 Å². The summed E-state index contributed by atoms with van der Waals surface area (Å²) in [6, 6.07) is 12.2. The molecule has 2 fully saturated rings. The number of benzene rings is 1. The molecule has 6 nitrogen and oxygen atoms in total. The van der Waals surface area contributed by atoms with E-state index in [0.29, 0.717) is 44.6 Å². The van der Waals surface area contributed by atoms with Crippen molar-refractivity contribution >= 4 is 11.8 Å². The fraction of sp³-hybridized carbons (Fsp3) is 0.458. The summed E-state index contributed by atoms with van der Waals surface area (Å²) in [6.45, 7) is 2.35. The van der Waals surface area contributed by atoms with Gasteiger partial charge in [0, 0.05) is 44.4 Å². The van der Waals surface area contributed by atoms with E-state index in [1.54, 1.807) is 29.3 Å². The van der Waals surface area contributed by atoms with Crippen molar-refractivity contribution in [2.75, 3.05) is 19.6 Å². The average molecular weight is 426 g/mol. The molecule has 0 N–H and O–H groups in total. The van der Waals surface area contributed by atoms with Crippen molar-refractivity contribution in [3.8, 4) is 0 Å². The fourth-order valence-electron chi connectivity index (χ4n) is 4.29. The van der Waals surface area contributed by atoms with Crippen LogP contribution in [0.2, 0.25) is 0 Å². The Hall–Kier alpha value is -2.80. The second kappa shape index (κ2) is 10.0. The van der Waals surface area contributed by atoms with Gasteiger partial charge in [-0.1, -0.05) is 24.3 Å². The molecule has 1 aromatic heterocycles. The van der Waals surface area contributed by atoms with Crippen molar-refractivity contribution < 1.29 is 18.7 Å². The molecular weight excluding hydrogens is 397 g/mol. The van der Waals surface area contributed by atoms with Gasteiger partial charge in [0.15, 0.2) is 0 Å². The van der Waals surface area contributed by atoms with E-state index in [-0.39, 0.29) is 36.2 Å². The summed E-state index contributed by atoms with van der Waals surface area (Å²) in [7, 11) is 0. The largest absolute Gasteiger partial charge is 0.372 e. The Bertz CT molecular complexity index is 900. The summed E-state index contributed by atoms with van der Waals surface area (Å²) in [5, 5.41) is 0. The summed E-state index contributed by atoms with van der Waals surface area (Å²) in [5.41, 5.74) is 1.39. The zero-order valence-electron chi connectivity index (χ0n) is 17.6. The molecule has 164 valence electrons. The minimum Gasteiger partial charge on any atom is -0.372 e. The van der Waals surface area contributed by atoms with Gasteiger partial charge in [0.05, 0.1) is 24.3 Å². The van der Waals surface area contributed by atoms with Crippen LogP contribution in [0.3, 0.4) is 0 Å². The van der Waals surface area contributed by atoms with Crippen LogP contribution in [0.15, 0.2) is 48.7 Å². The average Bonchev–Trinajstić information content (AvgIpc) is 2.81. The Morgan fingerprint density at radius 3 is 2.61 bits per heavy atom. The van der Waals surface area contributed by atoms with Gasteiger partial charge in [-0.3, -0.25) is 14.6 Å². The minimum absolute atomic E-state index is 0.0195. The van der Waals surface area contributed by atoms with Crippen LogP contribution in [-0.4, -0.2) is 52.3 Å². The first-order chi connectivity index (χ1) is 15.1. The molecule has 1 aromatic carbocycles. The number of rotatable bonds is 6. The number of hydrogen-bond acceptors (Lipinski definition) is 4. The van der Waals surface area contributed by atoms with Crippen LogP contribution in [0.1, 0.15) is 36.9 Å². The maximum Gasteiger partial charge on any atom is 0.227 e. The molecule has 2 aliphatic rings. The Morgan fingerprint density at radius 1 is 1.10 bits per heavy atom. The van der Waals surface area contributed by atoms with Crippen LogP contribution >= 0.6 is 0 Å². The first-order valence-electron chi connectivity index (χ1n) is 10.9. The van der Waals surface area contributed by atoms with E-state index in [1.165, 1.54) is 6.07 Å². The number of aromatic nitrogens is 1. The molecule has 0 spiro atoms. The summed E-state index contributed by atoms with van der Waals surface area (Å²) in [6.07, 6.45) is 4.35. The van der Waals surface area contributed by atoms with E-state index in [2.05, 4.69) is 4.98 Å². The highest BCUT2D eigenvalue weighted by Gasteiger charge is 2.34. The minimum atomic E-state index is -0.323. The number of nitrogens with zero attached hydrogens (tertiary/aromatic N) is 3. The molecule has 2 aromatic rings. The van der Waals surface area contributed by atoms with Crippen LogP contribution in [0.25, 0.3) is 0 Å². The lowest BCUT2D eigenvalue weighted by Gasteiger charge is -2.37. The number of hydrogen-bond donors (Lipinski definition) is 0. The van der Waals surface area contributed by atoms with Crippen LogP contribution < -0.4 is 0 Å². The quantitative estimate of drug-likeness (QED) is 0.713. The van der Waals surface area contributed by atoms with Crippen molar-refractivity contribution in [2.45, 2.75) is 44.9 Å². The SMILES string of the molecule is O=C1CC[C@@H](C(=O)N2CCC(OCc3ccccn3)CC2)CN1Cc1ccccc1F. The molecule has 1 atom stereocenters. The predicted molar refractivity (Wildman–Crippen MR) is 113 cm³/mol. The van der Waals surface area contributed by atoms with Gasteiger partial charge < -0.3 is 14.5 Å². The number of piperidine rings is 2. The maximum absolute atomic E-state index is 14.0. The molecule has 0 aliphatic carbocycles. The van der Waals surface area contributed by atoms with E-state index in [0.717, 1.165) is 18.5 Å². The third kappa shape index (κ3) is 5.47. The summed E-state index contributed by atoms with van der Waals surface area (Å²) < 4.78 is 20.0. The lowest BCUT2D eigenvalue weighted by Crippen LogP contribution is -2.49. The maximum atomic E-state index is 14.0. The molecule has 0 unspecified atom stereocenters. The Morgan fingerprint density at radius 2 is 1.87 bits per heavy atom.